The minimum atomic E-state index is -0.377. The Labute approximate surface area is 141 Å². The van der Waals surface area contributed by atoms with Crippen LogP contribution >= 0.6 is 0 Å². The van der Waals surface area contributed by atoms with E-state index in [0.29, 0.717) is 0 Å². The Morgan fingerprint density at radius 2 is 1.96 bits per heavy atom. The molecule has 0 amide bonds. The van der Waals surface area contributed by atoms with Crippen molar-refractivity contribution < 1.29 is 5.11 Å². The predicted octanol–water partition coefficient (Wildman–Crippen LogP) is 4.88. The highest BCUT2D eigenvalue weighted by Gasteiger charge is 2.30. The van der Waals surface area contributed by atoms with Gasteiger partial charge in [0.1, 0.15) is 0 Å². The number of likely N-dealkylation sites (tertiary alicyclic amines) is 1. The topological polar surface area (TPSA) is 23.5 Å². The quantitative estimate of drug-likeness (QED) is 0.725. The molecule has 1 aliphatic rings. The summed E-state index contributed by atoms with van der Waals surface area (Å²) < 4.78 is 0. The molecule has 2 nitrogen and oxygen atoms in total. The standard InChI is InChI=1S/C21H31NO/c1-17(2)9-7-10-18(3)14-16-22-15-8-13-20(22)21(23)19-11-5-4-6-12-19/h4-6,9,11-12,14,20-21,23H,7-8,10,13,15-16H2,1-3H3/b18-14+/t20-,21?/m0/s1. The molecule has 2 atom stereocenters. The van der Waals surface area contributed by atoms with Crippen LogP contribution in [0.3, 0.4) is 0 Å². The molecule has 1 aromatic carbocycles. The normalized spacial score (nSPS) is 20.5. The lowest BCUT2D eigenvalue weighted by Gasteiger charge is -2.28. The average Bonchev–Trinajstić information content (AvgIpc) is 3.01. The number of hydrogen-bond acceptors (Lipinski definition) is 2. The number of rotatable bonds is 7. The van der Waals surface area contributed by atoms with Gasteiger partial charge in [-0.25, -0.2) is 0 Å². The number of aliphatic hydroxyl groups excluding tert-OH is 1. The molecule has 1 N–H and O–H groups in total. The molecule has 1 heterocycles. The summed E-state index contributed by atoms with van der Waals surface area (Å²) in [6, 6.07) is 10.3. The van der Waals surface area contributed by atoms with Crippen molar-refractivity contribution in [2.45, 2.75) is 58.6 Å². The Kier molecular flexibility index (Phi) is 7.07. The largest absolute Gasteiger partial charge is 0.387 e. The third-order valence-corrected chi connectivity index (χ3v) is 4.69. The Bertz CT molecular complexity index is 528. The fourth-order valence-electron chi connectivity index (χ4n) is 3.27. The van der Waals surface area contributed by atoms with Gasteiger partial charge in [0.05, 0.1) is 6.10 Å². The molecule has 2 heteroatoms. The lowest BCUT2D eigenvalue weighted by atomic mass is 10.0. The molecule has 126 valence electrons. The molecule has 2 rings (SSSR count). The average molecular weight is 313 g/mol. The van der Waals surface area contributed by atoms with Crippen LogP contribution in [0.5, 0.6) is 0 Å². The summed E-state index contributed by atoms with van der Waals surface area (Å²) >= 11 is 0. The van der Waals surface area contributed by atoms with Gasteiger partial charge in [-0.3, -0.25) is 4.90 Å². The van der Waals surface area contributed by atoms with Crippen molar-refractivity contribution in [3.8, 4) is 0 Å². The lowest BCUT2D eigenvalue weighted by Crippen LogP contribution is -2.34. The van der Waals surface area contributed by atoms with E-state index in [0.717, 1.165) is 37.9 Å². The first-order valence-corrected chi connectivity index (χ1v) is 8.84. The maximum atomic E-state index is 10.7. The van der Waals surface area contributed by atoms with E-state index in [2.05, 4.69) is 37.8 Å². The molecule has 1 unspecified atom stereocenters. The molecule has 1 fully saturated rings. The zero-order chi connectivity index (χ0) is 16.7. The van der Waals surface area contributed by atoms with Gasteiger partial charge in [0.25, 0.3) is 0 Å². The van der Waals surface area contributed by atoms with Crippen LogP contribution < -0.4 is 0 Å². The summed E-state index contributed by atoms with van der Waals surface area (Å²) in [7, 11) is 0. The molecule has 0 spiro atoms. The predicted molar refractivity (Wildman–Crippen MR) is 98.4 cm³/mol. The van der Waals surface area contributed by atoms with Crippen molar-refractivity contribution in [2.75, 3.05) is 13.1 Å². The first-order valence-electron chi connectivity index (χ1n) is 8.84. The van der Waals surface area contributed by atoms with E-state index in [1.807, 2.05) is 30.3 Å². The highest BCUT2D eigenvalue weighted by atomic mass is 16.3. The molecule has 23 heavy (non-hydrogen) atoms. The van der Waals surface area contributed by atoms with Crippen LogP contribution in [0.25, 0.3) is 0 Å². The van der Waals surface area contributed by atoms with Crippen LogP contribution in [0.15, 0.2) is 53.6 Å². The summed E-state index contributed by atoms with van der Waals surface area (Å²) in [6.45, 7) is 8.57. The van der Waals surface area contributed by atoms with E-state index >= 15 is 0 Å². The molecule has 1 saturated heterocycles. The van der Waals surface area contributed by atoms with E-state index < -0.39 is 0 Å². The first-order chi connectivity index (χ1) is 11.1. The van der Waals surface area contributed by atoms with Crippen LogP contribution in [0.4, 0.5) is 0 Å². The Morgan fingerprint density at radius 1 is 1.22 bits per heavy atom. The zero-order valence-electron chi connectivity index (χ0n) is 14.8. The van der Waals surface area contributed by atoms with Crippen molar-refractivity contribution in [2.24, 2.45) is 0 Å². The summed E-state index contributed by atoms with van der Waals surface area (Å²) in [5, 5.41) is 10.7. The van der Waals surface area contributed by atoms with Gasteiger partial charge in [0, 0.05) is 12.6 Å². The van der Waals surface area contributed by atoms with Crippen LogP contribution in [0.2, 0.25) is 0 Å². The molecule has 0 aliphatic carbocycles. The number of aliphatic hydroxyl groups is 1. The van der Waals surface area contributed by atoms with Gasteiger partial charge >= 0.3 is 0 Å². The summed E-state index contributed by atoms with van der Waals surface area (Å²) in [5.74, 6) is 0. The Hall–Kier alpha value is -1.38. The highest BCUT2D eigenvalue weighted by Crippen LogP contribution is 2.29. The molecular weight excluding hydrogens is 282 g/mol. The third-order valence-electron chi connectivity index (χ3n) is 4.69. The van der Waals surface area contributed by atoms with Gasteiger partial charge in [-0.05, 0) is 58.6 Å². The molecule has 0 aromatic heterocycles. The number of benzene rings is 1. The van der Waals surface area contributed by atoms with Gasteiger partial charge in [0.15, 0.2) is 0 Å². The maximum Gasteiger partial charge on any atom is 0.0945 e. The Balaban J connectivity index is 1.90. The molecule has 0 radical (unpaired) electrons. The van der Waals surface area contributed by atoms with Crippen LogP contribution in [0, 0.1) is 0 Å². The fourth-order valence-corrected chi connectivity index (χ4v) is 3.27. The van der Waals surface area contributed by atoms with Crippen molar-refractivity contribution in [1.29, 1.82) is 0 Å². The van der Waals surface area contributed by atoms with E-state index in [1.54, 1.807) is 0 Å². The van der Waals surface area contributed by atoms with Crippen molar-refractivity contribution in [3.05, 3.63) is 59.2 Å². The van der Waals surface area contributed by atoms with Gasteiger partial charge in [-0.15, -0.1) is 0 Å². The second-order valence-electron chi connectivity index (χ2n) is 6.93. The second-order valence-corrected chi connectivity index (χ2v) is 6.93. The van der Waals surface area contributed by atoms with Gasteiger partial charge in [-0.2, -0.15) is 0 Å². The van der Waals surface area contributed by atoms with Crippen molar-refractivity contribution >= 4 is 0 Å². The molecule has 0 bridgehead atoms. The van der Waals surface area contributed by atoms with Crippen LogP contribution in [0.1, 0.15) is 58.1 Å². The van der Waals surface area contributed by atoms with Gasteiger partial charge < -0.3 is 5.11 Å². The number of hydrogen-bond donors (Lipinski definition) is 1. The number of allylic oxidation sites excluding steroid dienone is 3. The monoisotopic (exact) mass is 313 g/mol. The highest BCUT2D eigenvalue weighted by molar-refractivity contribution is 5.19. The SMILES string of the molecule is CC(C)=CCC/C(C)=C/CN1CCC[C@H]1C(O)c1ccccc1. The molecule has 1 aliphatic heterocycles. The molecule has 1 aromatic rings. The van der Waals surface area contributed by atoms with Crippen molar-refractivity contribution in [3.63, 3.8) is 0 Å². The van der Waals surface area contributed by atoms with Crippen LogP contribution in [-0.2, 0) is 0 Å². The minimum Gasteiger partial charge on any atom is -0.387 e. The third kappa shape index (κ3) is 5.63. The zero-order valence-corrected chi connectivity index (χ0v) is 14.8. The van der Waals surface area contributed by atoms with Crippen LogP contribution in [-0.4, -0.2) is 29.1 Å². The minimum absolute atomic E-state index is 0.249. The molecular formula is C21H31NO. The number of nitrogens with zero attached hydrogens (tertiary/aromatic N) is 1. The van der Waals surface area contributed by atoms with Crippen molar-refractivity contribution in [1.82, 2.24) is 4.90 Å². The van der Waals surface area contributed by atoms with Gasteiger partial charge in [-0.1, -0.05) is 53.6 Å². The molecule has 0 saturated carbocycles. The Morgan fingerprint density at radius 3 is 2.65 bits per heavy atom. The second kappa shape index (κ2) is 9.05. The maximum absolute atomic E-state index is 10.7. The summed E-state index contributed by atoms with van der Waals surface area (Å²) in [6.07, 6.45) is 8.79. The summed E-state index contributed by atoms with van der Waals surface area (Å²) in [4.78, 5) is 2.43. The van der Waals surface area contributed by atoms with Gasteiger partial charge in [0.2, 0.25) is 0 Å². The fraction of sp³-hybridized carbons (Fsp3) is 0.524. The first kappa shape index (κ1) is 18.0. The van der Waals surface area contributed by atoms with E-state index in [9.17, 15) is 5.11 Å². The van der Waals surface area contributed by atoms with E-state index in [1.165, 1.54) is 17.6 Å². The smallest absolute Gasteiger partial charge is 0.0945 e. The van der Waals surface area contributed by atoms with E-state index in [-0.39, 0.29) is 12.1 Å². The lowest BCUT2D eigenvalue weighted by molar-refractivity contribution is 0.0785. The van der Waals surface area contributed by atoms with E-state index in [4.69, 9.17) is 0 Å². The summed E-state index contributed by atoms with van der Waals surface area (Å²) in [5.41, 5.74) is 3.87.